The van der Waals surface area contributed by atoms with Crippen molar-refractivity contribution in [3.05, 3.63) is 48.5 Å². The van der Waals surface area contributed by atoms with Crippen LogP contribution in [0, 0.1) is 0 Å². The minimum Gasteiger partial charge on any atom is -0.382 e. The summed E-state index contributed by atoms with van der Waals surface area (Å²) in [6.45, 7) is 2.55. The van der Waals surface area contributed by atoms with Gasteiger partial charge in [0.25, 0.3) is 0 Å². The van der Waals surface area contributed by atoms with Crippen LogP contribution in [0.25, 0.3) is 11.2 Å². The molecule has 0 aliphatic rings. The molecule has 0 saturated carbocycles. The van der Waals surface area contributed by atoms with Crippen molar-refractivity contribution < 1.29 is 4.79 Å². The smallest absolute Gasteiger partial charge is 0.222 e. The Hall–Kier alpha value is -2.96. The van der Waals surface area contributed by atoms with Gasteiger partial charge in [-0.25, -0.2) is 15.0 Å². The summed E-state index contributed by atoms with van der Waals surface area (Å²) < 4.78 is 1.82. The molecule has 7 nitrogen and oxygen atoms in total. The standard InChI is InChI=1S/C17H20N6O/c1-2-13(12-6-4-3-5-7-12)22-14(24)8-9-23-11-21-15-16(18)19-10-20-17(15)23/h3-7,10-11,13H,2,8-9H2,1H3,(H,22,24)(H2,18,19,20). The SMILES string of the molecule is CCC(NC(=O)CCn1cnc2c(N)ncnc21)c1ccccc1. The molecule has 0 aliphatic carbocycles. The Kier molecular flexibility index (Phi) is 4.69. The average Bonchev–Trinajstić information content (AvgIpc) is 3.03. The second-order valence-corrected chi connectivity index (χ2v) is 5.56. The number of nitrogens with zero attached hydrogens (tertiary/aromatic N) is 4. The second-order valence-electron chi connectivity index (χ2n) is 5.56. The molecule has 0 spiro atoms. The molecule has 2 heterocycles. The third-order valence-corrected chi connectivity index (χ3v) is 3.95. The predicted molar refractivity (Wildman–Crippen MR) is 92.0 cm³/mol. The number of imidazole rings is 1. The number of hydrogen-bond acceptors (Lipinski definition) is 5. The van der Waals surface area contributed by atoms with E-state index >= 15 is 0 Å². The van der Waals surface area contributed by atoms with Gasteiger partial charge in [0.15, 0.2) is 11.5 Å². The monoisotopic (exact) mass is 324 g/mol. The number of nitrogen functional groups attached to an aromatic ring is 1. The predicted octanol–water partition coefficient (Wildman–Crippen LogP) is 2.07. The van der Waals surface area contributed by atoms with Crippen LogP contribution in [0.2, 0.25) is 0 Å². The number of carbonyl (C=O) groups excluding carboxylic acids is 1. The Bertz CT molecular complexity index is 829. The number of hydrogen-bond donors (Lipinski definition) is 2. The van der Waals surface area contributed by atoms with Gasteiger partial charge < -0.3 is 15.6 Å². The lowest BCUT2D eigenvalue weighted by Crippen LogP contribution is -2.28. The normalized spacial score (nSPS) is 12.2. The summed E-state index contributed by atoms with van der Waals surface area (Å²) in [5.41, 5.74) is 8.09. The van der Waals surface area contributed by atoms with Crippen molar-refractivity contribution in [3.8, 4) is 0 Å². The largest absolute Gasteiger partial charge is 0.382 e. The Morgan fingerprint density at radius 1 is 1.25 bits per heavy atom. The molecule has 0 saturated heterocycles. The first-order valence-corrected chi connectivity index (χ1v) is 7.94. The van der Waals surface area contributed by atoms with Gasteiger partial charge in [0.1, 0.15) is 11.8 Å². The van der Waals surface area contributed by atoms with Gasteiger partial charge in [-0.05, 0) is 12.0 Å². The molecule has 3 aromatic rings. The highest BCUT2D eigenvalue weighted by Gasteiger charge is 2.13. The molecule has 0 radical (unpaired) electrons. The first kappa shape index (κ1) is 15.9. The third-order valence-electron chi connectivity index (χ3n) is 3.95. The quantitative estimate of drug-likeness (QED) is 0.723. The molecular formula is C17H20N6O. The summed E-state index contributed by atoms with van der Waals surface area (Å²) in [4.78, 5) is 24.6. The zero-order valence-corrected chi connectivity index (χ0v) is 13.5. The van der Waals surface area contributed by atoms with E-state index in [0.29, 0.717) is 29.9 Å². The summed E-state index contributed by atoms with van der Waals surface area (Å²) in [6, 6.07) is 10.00. The van der Waals surface area contributed by atoms with Gasteiger partial charge >= 0.3 is 0 Å². The number of benzene rings is 1. The zero-order valence-electron chi connectivity index (χ0n) is 13.5. The highest BCUT2D eigenvalue weighted by molar-refractivity contribution is 5.81. The zero-order chi connectivity index (χ0) is 16.9. The summed E-state index contributed by atoms with van der Waals surface area (Å²) in [5.74, 6) is 0.341. The van der Waals surface area contributed by atoms with Crippen LogP contribution in [0.15, 0.2) is 43.0 Å². The number of nitrogens with one attached hydrogen (secondary N) is 1. The molecule has 1 aromatic carbocycles. The van der Waals surface area contributed by atoms with E-state index in [4.69, 9.17) is 5.73 Å². The maximum atomic E-state index is 12.3. The van der Waals surface area contributed by atoms with E-state index in [1.165, 1.54) is 6.33 Å². The number of anilines is 1. The van der Waals surface area contributed by atoms with Crippen LogP contribution in [0.4, 0.5) is 5.82 Å². The number of nitrogens with two attached hydrogens (primary N) is 1. The lowest BCUT2D eigenvalue weighted by molar-refractivity contribution is -0.122. The number of carbonyl (C=O) groups is 1. The fourth-order valence-electron chi connectivity index (χ4n) is 2.66. The molecule has 3 rings (SSSR count). The molecule has 3 N–H and O–H groups in total. The Morgan fingerprint density at radius 2 is 2.04 bits per heavy atom. The van der Waals surface area contributed by atoms with Crippen molar-refractivity contribution in [1.82, 2.24) is 24.8 Å². The van der Waals surface area contributed by atoms with Gasteiger partial charge in [0, 0.05) is 13.0 Å². The van der Waals surface area contributed by atoms with Gasteiger partial charge in [-0.15, -0.1) is 0 Å². The summed E-state index contributed by atoms with van der Waals surface area (Å²) >= 11 is 0. The van der Waals surface area contributed by atoms with E-state index in [2.05, 4.69) is 27.2 Å². The molecule has 7 heteroatoms. The Morgan fingerprint density at radius 3 is 2.79 bits per heavy atom. The van der Waals surface area contributed by atoms with Gasteiger partial charge in [-0.1, -0.05) is 37.3 Å². The van der Waals surface area contributed by atoms with Gasteiger partial charge in [-0.2, -0.15) is 0 Å². The highest BCUT2D eigenvalue weighted by atomic mass is 16.1. The highest BCUT2D eigenvalue weighted by Crippen LogP contribution is 2.17. The van der Waals surface area contributed by atoms with Crippen LogP contribution in [0.3, 0.4) is 0 Å². The van der Waals surface area contributed by atoms with Crippen LogP contribution in [-0.2, 0) is 11.3 Å². The Labute approximate surface area is 139 Å². The summed E-state index contributed by atoms with van der Waals surface area (Å²) in [6.07, 6.45) is 4.22. The lowest BCUT2D eigenvalue weighted by atomic mass is 10.0. The maximum Gasteiger partial charge on any atom is 0.222 e. The third kappa shape index (κ3) is 3.34. The van der Waals surface area contributed by atoms with E-state index in [-0.39, 0.29) is 11.9 Å². The molecular weight excluding hydrogens is 304 g/mol. The maximum absolute atomic E-state index is 12.3. The number of rotatable bonds is 6. The van der Waals surface area contributed by atoms with Crippen LogP contribution >= 0.6 is 0 Å². The summed E-state index contributed by atoms with van der Waals surface area (Å²) in [7, 11) is 0. The number of aryl methyl sites for hydroxylation is 1. The molecule has 1 amide bonds. The van der Waals surface area contributed by atoms with Crippen molar-refractivity contribution in [2.45, 2.75) is 32.4 Å². The van der Waals surface area contributed by atoms with Crippen LogP contribution < -0.4 is 11.1 Å². The minimum absolute atomic E-state index is 0.00502. The van der Waals surface area contributed by atoms with Crippen molar-refractivity contribution >= 4 is 22.9 Å². The molecule has 2 aromatic heterocycles. The van der Waals surface area contributed by atoms with Crippen molar-refractivity contribution in [2.24, 2.45) is 0 Å². The molecule has 0 fully saturated rings. The van der Waals surface area contributed by atoms with Crippen LogP contribution in [0.1, 0.15) is 31.4 Å². The van der Waals surface area contributed by atoms with Crippen molar-refractivity contribution in [2.75, 3.05) is 5.73 Å². The molecule has 0 bridgehead atoms. The molecule has 24 heavy (non-hydrogen) atoms. The number of fused-ring (bicyclic) bond motifs is 1. The second kappa shape index (κ2) is 7.08. The van der Waals surface area contributed by atoms with E-state index < -0.39 is 0 Å². The Balaban J connectivity index is 1.63. The molecule has 124 valence electrons. The fourth-order valence-corrected chi connectivity index (χ4v) is 2.66. The van der Waals surface area contributed by atoms with Crippen molar-refractivity contribution in [1.29, 1.82) is 0 Å². The van der Waals surface area contributed by atoms with Gasteiger partial charge in [-0.3, -0.25) is 4.79 Å². The number of aromatic nitrogens is 4. The molecule has 1 atom stereocenters. The van der Waals surface area contributed by atoms with E-state index in [1.54, 1.807) is 6.33 Å². The van der Waals surface area contributed by atoms with Crippen LogP contribution in [0.5, 0.6) is 0 Å². The van der Waals surface area contributed by atoms with Gasteiger partial charge in [0.05, 0.1) is 12.4 Å². The van der Waals surface area contributed by atoms with E-state index in [0.717, 1.165) is 12.0 Å². The molecule has 1 unspecified atom stereocenters. The van der Waals surface area contributed by atoms with E-state index in [9.17, 15) is 4.79 Å². The van der Waals surface area contributed by atoms with E-state index in [1.807, 2.05) is 34.9 Å². The first-order chi connectivity index (χ1) is 11.7. The van der Waals surface area contributed by atoms with Crippen molar-refractivity contribution in [3.63, 3.8) is 0 Å². The summed E-state index contributed by atoms with van der Waals surface area (Å²) in [5, 5.41) is 3.07. The topological polar surface area (TPSA) is 98.7 Å². The first-order valence-electron chi connectivity index (χ1n) is 7.94. The van der Waals surface area contributed by atoms with Crippen LogP contribution in [-0.4, -0.2) is 25.4 Å². The fraction of sp³-hybridized carbons (Fsp3) is 0.294. The minimum atomic E-state index is -0.00502. The number of amides is 1. The molecule has 0 aliphatic heterocycles. The lowest BCUT2D eigenvalue weighted by Gasteiger charge is -2.17. The average molecular weight is 324 g/mol. The van der Waals surface area contributed by atoms with Gasteiger partial charge in [0.2, 0.25) is 5.91 Å².